The minimum atomic E-state index is 0.663. The quantitative estimate of drug-likeness (QED) is 0.858. The number of hydrogen-bond acceptors (Lipinski definition) is 3. The van der Waals surface area contributed by atoms with Crippen LogP contribution in [0, 0.1) is 0 Å². The molecule has 17 heavy (non-hydrogen) atoms. The molecule has 1 heterocycles. The first-order valence-electron chi connectivity index (χ1n) is 5.80. The van der Waals surface area contributed by atoms with Crippen LogP contribution in [0.15, 0.2) is 41.0 Å². The zero-order chi connectivity index (χ0) is 12.1. The summed E-state index contributed by atoms with van der Waals surface area (Å²) in [5.41, 5.74) is 2.16. The summed E-state index contributed by atoms with van der Waals surface area (Å²) in [7, 11) is 1.90. The number of para-hydroxylation sites is 1. The Morgan fingerprint density at radius 3 is 2.76 bits per heavy atom. The molecule has 0 spiro atoms. The van der Waals surface area contributed by atoms with Crippen molar-refractivity contribution < 1.29 is 9.15 Å². The van der Waals surface area contributed by atoms with Crippen molar-refractivity contribution in [2.45, 2.75) is 13.5 Å². The van der Waals surface area contributed by atoms with Gasteiger partial charge in [-0.2, -0.15) is 0 Å². The zero-order valence-corrected chi connectivity index (χ0v) is 10.2. The van der Waals surface area contributed by atoms with Crippen molar-refractivity contribution in [2.24, 2.45) is 0 Å². The molecule has 0 aliphatic heterocycles. The van der Waals surface area contributed by atoms with Crippen LogP contribution in [0.4, 0.5) is 0 Å². The minimum absolute atomic E-state index is 0.663. The molecular weight excluding hydrogens is 214 g/mol. The van der Waals surface area contributed by atoms with Crippen LogP contribution in [0.3, 0.4) is 0 Å². The van der Waals surface area contributed by atoms with Gasteiger partial charge in [0.15, 0.2) is 0 Å². The van der Waals surface area contributed by atoms with Gasteiger partial charge < -0.3 is 14.5 Å². The fourth-order valence-electron chi connectivity index (χ4n) is 1.85. The van der Waals surface area contributed by atoms with Crippen LogP contribution < -0.4 is 10.1 Å². The summed E-state index contributed by atoms with van der Waals surface area (Å²) in [6.07, 6.45) is 1.71. The van der Waals surface area contributed by atoms with Crippen molar-refractivity contribution in [3.05, 3.63) is 42.4 Å². The van der Waals surface area contributed by atoms with Gasteiger partial charge in [-0.25, -0.2) is 0 Å². The highest BCUT2D eigenvalue weighted by molar-refractivity contribution is 5.71. The van der Waals surface area contributed by atoms with Crippen LogP contribution in [0.1, 0.15) is 12.7 Å². The first-order valence-corrected chi connectivity index (χ1v) is 5.80. The first kappa shape index (κ1) is 11.7. The lowest BCUT2D eigenvalue weighted by atomic mass is 10.1. The molecule has 0 radical (unpaired) electrons. The van der Waals surface area contributed by atoms with E-state index >= 15 is 0 Å². The number of rotatable bonds is 5. The molecule has 0 aliphatic carbocycles. The van der Waals surface area contributed by atoms with Gasteiger partial charge in [-0.3, -0.25) is 0 Å². The molecule has 0 amide bonds. The van der Waals surface area contributed by atoms with Crippen LogP contribution in [0.5, 0.6) is 5.75 Å². The molecule has 0 atom stereocenters. The maximum absolute atomic E-state index is 5.63. The number of furan rings is 1. The van der Waals surface area contributed by atoms with E-state index in [2.05, 4.69) is 11.4 Å². The van der Waals surface area contributed by atoms with E-state index in [1.807, 2.05) is 38.2 Å². The monoisotopic (exact) mass is 231 g/mol. The average Bonchev–Trinajstić information content (AvgIpc) is 2.79. The topological polar surface area (TPSA) is 34.4 Å². The van der Waals surface area contributed by atoms with Gasteiger partial charge in [-0.1, -0.05) is 18.2 Å². The van der Waals surface area contributed by atoms with E-state index in [9.17, 15) is 0 Å². The maximum Gasteiger partial charge on any atom is 0.127 e. The second-order valence-electron chi connectivity index (χ2n) is 3.72. The maximum atomic E-state index is 5.63. The fraction of sp³-hybridized carbons (Fsp3) is 0.286. The third-order valence-corrected chi connectivity index (χ3v) is 2.56. The van der Waals surface area contributed by atoms with Crippen LogP contribution in [-0.2, 0) is 6.54 Å². The van der Waals surface area contributed by atoms with Gasteiger partial charge in [0.2, 0.25) is 0 Å². The number of benzene rings is 1. The van der Waals surface area contributed by atoms with E-state index in [1.54, 1.807) is 6.26 Å². The molecule has 0 saturated heterocycles. The van der Waals surface area contributed by atoms with Crippen molar-refractivity contribution in [3.8, 4) is 16.9 Å². The van der Waals surface area contributed by atoms with E-state index < -0.39 is 0 Å². The van der Waals surface area contributed by atoms with Crippen molar-refractivity contribution in [2.75, 3.05) is 13.7 Å². The number of ether oxygens (including phenoxy) is 1. The van der Waals surface area contributed by atoms with Crippen molar-refractivity contribution in [1.29, 1.82) is 0 Å². The Bertz CT molecular complexity index is 477. The van der Waals surface area contributed by atoms with Gasteiger partial charge >= 0.3 is 0 Å². The van der Waals surface area contributed by atoms with Gasteiger partial charge in [0, 0.05) is 11.1 Å². The average molecular weight is 231 g/mol. The van der Waals surface area contributed by atoms with E-state index in [4.69, 9.17) is 9.15 Å². The molecule has 0 bridgehead atoms. The van der Waals surface area contributed by atoms with Crippen LogP contribution in [-0.4, -0.2) is 13.7 Å². The lowest BCUT2D eigenvalue weighted by molar-refractivity contribution is 0.341. The smallest absolute Gasteiger partial charge is 0.127 e. The molecule has 1 aromatic carbocycles. The summed E-state index contributed by atoms with van der Waals surface area (Å²) in [5, 5.41) is 3.10. The molecule has 0 fully saturated rings. The molecule has 3 heteroatoms. The summed E-state index contributed by atoms with van der Waals surface area (Å²) >= 11 is 0. The molecule has 0 saturated carbocycles. The predicted molar refractivity (Wildman–Crippen MR) is 68.1 cm³/mol. The Kier molecular flexibility index (Phi) is 3.83. The molecule has 1 aromatic heterocycles. The highest BCUT2D eigenvalue weighted by atomic mass is 16.5. The Balaban J connectivity index is 2.41. The minimum Gasteiger partial charge on any atom is -0.493 e. The van der Waals surface area contributed by atoms with Crippen LogP contribution in [0.2, 0.25) is 0 Å². The second kappa shape index (κ2) is 5.55. The molecule has 2 rings (SSSR count). The van der Waals surface area contributed by atoms with Gasteiger partial charge in [0.1, 0.15) is 11.5 Å². The van der Waals surface area contributed by atoms with E-state index in [-0.39, 0.29) is 0 Å². The Hall–Kier alpha value is -1.74. The molecular formula is C14H17NO2. The fourth-order valence-corrected chi connectivity index (χ4v) is 1.85. The Labute approximate surface area is 101 Å². The standard InChI is InChI=1S/C14H17NO2/c1-3-16-13-7-5-4-6-11(13)12-8-9-17-14(12)10-15-2/h4-9,15H,3,10H2,1-2H3. The van der Waals surface area contributed by atoms with E-state index in [1.165, 1.54) is 0 Å². The van der Waals surface area contributed by atoms with Crippen molar-refractivity contribution in [3.63, 3.8) is 0 Å². The lowest BCUT2D eigenvalue weighted by Gasteiger charge is -2.09. The third kappa shape index (κ3) is 2.50. The lowest BCUT2D eigenvalue weighted by Crippen LogP contribution is -2.05. The van der Waals surface area contributed by atoms with E-state index in [0.717, 1.165) is 22.6 Å². The number of hydrogen-bond donors (Lipinski definition) is 1. The van der Waals surface area contributed by atoms with Crippen LogP contribution in [0.25, 0.3) is 11.1 Å². The summed E-state index contributed by atoms with van der Waals surface area (Å²) in [6.45, 7) is 3.36. The molecule has 2 aromatic rings. The Morgan fingerprint density at radius 2 is 2.00 bits per heavy atom. The molecule has 3 nitrogen and oxygen atoms in total. The van der Waals surface area contributed by atoms with Crippen molar-refractivity contribution in [1.82, 2.24) is 5.32 Å². The highest BCUT2D eigenvalue weighted by Gasteiger charge is 2.12. The predicted octanol–water partition coefficient (Wildman–Crippen LogP) is 3.06. The van der Waals surface area contributed by atoms with Crippen molar-refractivity contribution >= 4 is 0 Å². The highest BCUT2D eigenvalue weighted by Crippen LogP contribution is 2.32. The van der Waals surface area contributed by atoms with Gasteiger partial charge in [0.05, 0.1) is 19.4 Å². The van der Waals surface area contributed by atoms with Gasteiger partial charge in [-0.05, 0) is 26.1 Å². The molecule has 0 unspecified atom stereocenters. The van der Waals surface area contributed by atoms with Gasteiger partial charge in [-0.15, -0.1) is 0 Å². The largest absolute Gasteiger partial charge is 0.493 e. The van der Waals surface area contributed by atoms with Gasteiger partial charge in [0.25, 0.3) is 0 Å². The normalized spacial score (nSPS) is 10.5. The summed E-state index contributed by atoms with van der Waals surface area (Å²) in [4.78, 5) is 0. The third-order valence-electron chi connectivity index (χ3n) is 2.56. The SMILES string of the molecule is CCOc1ccccc1-c1ccoc1CNC. The molecule has 90 valence electrons. The second-order valence-corrected chi connectivity index (χ2v) is 3.72. The first-order chi connectivity index (χ1) is 8.36. The van der Waals surface area contributed by atoms with Crippen LogP contribution >= 0.6 is 0 Å². The Morgan fingerprint density at radius 1 is 1.18 bits per heavy atom. The zero-order valence-electron chi connectivity index (χ0n) is 10.2. The molecule has 0 aliphatic rings. The number of nitrogens with one attached hydrogen (secondary N) is 1. The summed E-state index contributed by atoms with van der Waals surface area (Å²) < 4.78 is 11.1. The summed E-state index contributed by atoms with van der Waals surface area (Å²) in [5.74, 6) is 1.83. The van der Waals surface area contributed by atoms with E-state index in [0.29, 0.717) is 13.2 Å². The molecule has 1 N–H and O–H groups in total. The summed E-state index contributed by atoms with van der Waals surface area (Å²) in [6, 6.07) is 9.99.